The molecule has 4 aromatic rings. The average Bonchev–Trinajstić information content (AvgIpc) is 3.17. The van der Waals surface area contributed by atoms with E-state index in [1.165, 1.54) is 10.6 Å². The Morgan fingerprint density at radius 2 is 1.68 bits per heavy atom. The number of amides is 1. The van der Waals surface area contributed by atoms with Gasteiger partial charge in [0.05, 0.1) is 40.4 Å². The molecule has 196 valence electrons. The molecule has 0 saturated heterocycles. The van der Waals surface area contributed by atoms with Crippen LogP contribution in [0.25, 0.3) is 5.69 Å². The Labute approximate surface area is 232 Å². The molecule has 0 unspecified atom stereocenters. The number of para-hydroxylation sites is 1. The minimum atomic E-state index is -3.49. The van der Waals surface area contributed by atoms with Crippen molar-refractivity contribution in [3.05, 3.63) is 117 Å². The molecular formula is C28H26Cl2N4O3S. The van der Waals surface area contributed by atoms with Crippen LogP contribution in [0.15, 0.2) is 84.0 Å². The molecule has 1 heterocycles. The summed E-state index contributed by atoms with van der Waals surface area (Å²) in [5, 5.41) is 5.05. The van der Waals surface area contributed by atoms with Gasteiger partial charge in [-0.15, -0.1) is 0 Å². The van der Waals surface area contributed by atoms with E-state index in [0.29, 0.717) is 21.3 Å². The van der Waals surface area contributed by atoms with Crippen LogP contribution in [0.4, 0.5) is 5.69 Å². The molecular weight excluding hydrogens is 543 g/mol. The van der Waals surface area contributed by atoms with Crippen LogP contribution < -0.4 is 9.73 Å². The van der Waals surface area contributed by atoms with E-state index in [9.17, 15) is 13.2 Å². The third-order valence-electron chi connectivity index (χ3n) is 6.00. The number of halogens is 2. The Morgan fingerprint density at radius 3 is 2.34 bits per heavy atom. The minimum absolute atomic E-state index is 0.148. The van der Waals surface area contributed by atoms with Gasteiger partial charge in [-0.05, 0) is 61.9 Å². The van der Waals surface area contributed by atoms with Crippen LogP contribution in [0.1, 0.15) is 32.9 Å². The maximum atomic E-state index is 12.6. The van der Waals surface area contributed by atoms with Crippen molar-refractivity contribution in [2.24, 2.45) is 5.10 Å². The fourth-order valence-electron chi connectivity index (χ4n) is 4.10. The number of nitrogens with one attached hydrogen (secondary N) is 1. The zero-order valence-corrected chi connectivity index (χ0v) is 23.3. The molecule has 3 aromatic carbocycles. The molecule has 1 N–H and O–H groups in total. The predicted octanol–water partition coefficient (Wildman–Crippen LogP) is 6.13. The van der Waals surface area contributed by atoms with Crippen LogP contribution in [-0.2, 0) is 16.6 Å². The molecule has 0 fully saturated rings. The van der Waals surface area contributed by atoms with Crippen LogP contribution in [0, 0.1) is 13.8 Å². The number of carbonyl (C=O) groups is 1. The monoisotopic (exact) mass is 568 g/mol. The Hall–Kier alpha value is -3.59. The van der Waals surface area contributed by atoms with Crippen molar-refractivity contribution >= 4 is 51.0 Å². The molecule has 7 nitrogen and oxygen atoms in total. The number of hydrogen-bond donors (Lipinski definition) is 1. The fraction of sp³-hybridized carbons (Fsp3) is 0.143. The van der Waals surface area contributed by atoms with E-state index >= 15 is 0 Å². The number of sulfonamides is 1. The molecule has 0 radical (unpaired) electrons. The first kappa shape index (κ1) is 27.4. The molecule has 0 bridgehead atoms. The Kier molecular flexibility index (Phi) is 8.26. The van der Waals surface area contributed by atoms with E-state index in [1.54, 1.807) is 60.8 Å². The maximum absolute atomic E-state index is 12.6. The van der Waals surface area contributed by atoms with Gasteiger partial charge in [0.15, 0.2) is 0 Å². The van der Waals surface area contributed by atoms with Crippen molar-refractivity contribution in [1.82, 2.24) is 9.99 Å². The molecule has 10 heteroatoms. The molecule has 0 aliphatic heterocycles. The first-order valence-electron chi connectivity index (χ1n) is 11.6. The molecule has 4 rings (SSSR count). The van der Waals surface area contributed by atoms with Gasteiger partial charge in [0, 0.05) is 22.5 Å². The van der Waals surface area contributed by atoms with Gasteiger partial charge < -0.3 is 4.57 Å². The summed E-state index contributed by atoms with van der Waals surface area (Å²) in [5.41, 5.74) is 7.66. The predicted molar refractivity (Wildman–Crippen MR) is 154 cm³/mol. The number of benzene rings is 3. The molecule has 38 heavy (non-hydrogen) atoms. The number of anilines is 1. The maximum Gasteiger partial charge on any atom is 0.271 e. The lowest BCUT2D eigenvalue weighted by Crippen LogP contribution is -2.29. The van der Waals surface area contributed by atoms with Crippen molar-refractivity contribution in [3.8, 4) is 5.69 Å². The second-order valence-electron chi connectivity index (χ2n) is 8.74. The van der Waals surface area contributed by atoms with Crippen molar-refractivity contribution in [2.75, 3.05) is 10.6 Å². The normalized spacial score (nSPS) is 11.6. The fourth-order valence-corrected chi connectivity index (χ4v) is 5.37. The van der Waals surface area contributed by atoms with Crippen molar-refractivity contribution < 1.29 is 13.2 Å². The Bertz CT molecular complexity index is 1600. The summed E-state index contributed by atoms with van der Waals surface area (Å²) in [4.78, 5) is 12.6. The van der Waals surface area contributed by atoms with Crippen LogP contribution in [-0.4, -0.2) is 31.4 Å². The topological polar surface area (TPSA) is 83.8 Å². The zero-order chi connectivity index (χ0) is 27.4. The highest BCUT2D eigenvalue weighted by molar-refractivity contribution is 7.92. The van der Waals surface area contributed by atoms with Crippen molar-refractivity contribution in [3.63, 3.8) is 0 Å². The molecule has 0 spiro atoms. The Balaban J connectivity index is 1.45. The number of aromatic nitrogens is 1. The summed E-state index contributed by atoms with van der Waals surface area (Å²) >= 11 is 12.6. The zero-order valence-electron chi connectivity index (χ0n) is 21.0. The Morgan fingerprint density at radius 1 is 1.00 bits per heavy atom. The number of hydrazone groups is 1. The highest BCUT2D eigenvalue weighted by Crippen LogP contribution is 2.31. The van der Waals surface area contributed by atoms with Gasteiger partial charge in [-0.1, -0.05) is 59.6 Å². The minimum Gasteiger partial charge on any atom is -0.316 e. The highest BCUT2D eigenvalue weighted by atomic mass is 35.5. The smallest absolute Gasteiger partial charge is 0.271 e. The van der Waals surface area contributed by atoms with E-state index in [4.69, 9.17) is 23.2 Å². The number of nitrogens with zero attached hydrogens (tertiary/aromatic N) is 3. The van der Waals surface area contributed by atoms with Crippen LogP contribution >= 0.6 is 23.2 Å². The van der Waals surface area contributed by atoms with Gasteiger partial charge in [-0.3, -0.25) is 9.10 Å². The summed E-state index contributed by atoms with van der Waals surface area (Å²) in [7, 11) is -3.49. The van der Waals surface area contributed by atoms with Gasteiger partial charge >= 0.3 is 0 Å². The van der Waals surface area contributed by atoms with E-state index in [-0.39, 0.29) is 12.5 Å². The van der Waals surface area contributed by atoms with E-state index in [1.807, 2.05) is 42.7 Å². The first-order chi connectivity index (χ1) is 18.1. The lowest BCUT2D eigenvalue weighted by Gasteiger charge is -2.22. The van der Waals surface area contributed by atoms with Crippen LogP contribution in [0.5, 0.6) is 0 Å². The van der Waals surface area contributed by atoms with Crippen LogP contribution in [0.3, 0.4) is 0 Å². The number of aryl methyl sites for hydroxylation is 1. The van der Waals surface area contributed by atoms with Gasteiger partial charge in [0.2, 0.25) is 10.0 Å². The van der Waals surface area contributed by atoms with Crippen LogP contribution in [0.2, 0.25) is 10.0 Å². The van der Waals surface area contributed by atoms with E-state index < -0.39 is 10.0 Å². The lowest BCUT2D eigenvalue weighted by atomic mass is 10.1. The summed E-state index contributed by atoms with van der Waals surface area (Å²) in [6, 6.07) is 23.0. The second kappa shape index (κ2) is 11.4. The van der Waals surface area contributed by atoms with E-state index in [2.05, 4.69) is 10.5 Å². The van der Waals surface area contributed by atoms with Gasteiger partial charge in [0.1, 0.15) is 0 Å². The third-order valence-corrected chi connectivity index (χ3v) is 7.95. The number of carbonyl (C=O) groups excluding carboxylic acids is 1. The number of hydrogen-bond acceptors (Lipinski definition) is 4. The molecule has 1 aromatic heterocycles. The molecule has 0 aliphatic carbocycles. The summed E-state index contributed by atoms with van der Waals surface area (Å²) < 4.78 is 28.0. The number of rotatable bonds is 8. The average molecular weight is 570 g/mol. The molecule has 0 atom stereocenters. The van der Waals surface area contributed by atoms with E-state index in [0.717, 1.165) is 28.2 Å². The van der Waals surface area contributed by atoms with Gasteiger partial charge in [-0.2, -0.15) is 5.10 Å². The lowest BCUT2D eigenvalue weighted by molar-refractivity contribution is 0.0955. The summed E-state index contributed by atoms with van der Waals surface area (Å²) in [6.45, 7) is 4.03. The van der Waals surface area contributed by atoms with Crippen molar-refractivity contribution in [2.45, 2.75) is 20.4 Å². The summed E-state index contributed by atoms with van der Waals surface area (Å²) in [5.74, 6) is -0.387. The second-order valence-corrected chi connectivity index (χ2v) is 11.4. The van der Waals surface area contributed by atoms with Gasteiger partial charge in [-0.25, -0.2) is 13.8 Å². The third kappa shape index (κ3) is 6.10. The highest BCUT2D eigenvalue weighted by Gasteiger charge is 2.18. The molecule has 0 aliphatic rings. The SMILES string of the molecule is Cc1cc(/C=N/NC(=O)c2ccc(CN(c3ccccc3)S(C)(=O)=O)cc2)c(C)n1-c1cccc(Cl)c1Cl. The molecule has 1 amide bonds. The largest absolute Gasteiger partial charge is 0.316 e. The van der Waals surface area contributed by atoms with Gasteiger partial charge in [0.25, 0.3) is 5.91 Å². The quantitative estimate of drug-likeness (QED) is 0.205. The molecule has 0 saturated carbocycles. The first-order valence-corrected chi connectivity index (χ1v) is 14.2. The summed E-state index contributed by atoms with van der Waals surface area (Å²) in [6.07, 6.45) is 2.74. The standard InChI is InChI=1S/C28H26Cl2N4O3S/c1-19-16-23(20(2)34(19)26-11-7-10-25(29)27(26)30)17-31-32-28(35)22-14-12-21(13-15-22)18-33(38(3,36)37)24-8-5-4-6-9-24/h4-17H,18H2,1-3H3,(H,32,35)/b31-17+. The van der Waals surface area contributed by atoms with Crippen molar-refractivity contribution in [1.29, 1.82) is 0 Å².